The molecule has 0 saturated carbocycles. The van der Waals surface area contributed by atoms with Gasteiger partial charge in [0.2, 0.25) is 0 Å². The first-order valence-electron chi connectivity index (χ1n) is 18.5. The second kappa shape index (κ2) is 11.2. The lowest BCUT2D eigenvalue weighted by atomic mass is 9.80. The van der Waals surface area contributed by atoms with Crippen molar-refractivity contribution in [2.75, 3.05) is 0 Å². The summed E-state index contributed by atoms with van der Waals surface area (Å²) in [5, 5.41) is 5.06. The molecule has 2 nitrogen and oxygen atoms in total. The third-order valence-corrected chi connectivity index (χ3v) is 11.7. The van der Waals surface area contributed by atoms with Crippen molar-refractivity contribution in [2.24, 2.45) is 0 Å². The van der Waals surface area contributed by atoms with Gasteiger partial charge in [-0.1, -0.05) is 141 Å². The van der Waals surface area contributed by atoms with Gasteiger partial charge in [0.05, 0.1) is 22.1 Å². The van der Waals surface area contributed by atoms with Crippen LogP contribution in [-0.2, 0) is 5.41 Å². The number of fused-ring (bicyclic) bond motifs is 9. The molecule has 2 heteroatoms. The summed E-state index contributed by atoms with van der Waals surface area (Å²) in [6.45, 7) is 4.78. The number of benzene rings is 8. The Morgan fingerprint density at radius 1 is 0.358 bits per heavy atom. The molecule has 0 amide bonds. The second-order valence-electron chi connectivity index (χ2n) is 14.9. The molecule has 0 N–H and O–H groups in total. The van der Waals surface area contributed by atoms with E-state index >= 15 is 0 Å². The minimum absolute atomic E-state index is 0.167. The summed E-state index contributed by atoms with van der Waals surface area (Å²) < 4.78 is 4.89. The fraction of sp³-hybridized carbons (Fsp3) is 0.0588. The molecule has 1 aliphatic carbocycles. The smallest absolute Gasteiger partial charge is 0.0619 e. The Hall–Kier alpha value is -6.64. The highest BCUT2D eigenvalue weighted by Gasteiger charge is 2.38. The van der Waals surface area contributed by atoms with Crippen LogP contribution in [0.2, 0.25) is 0 Å². The van der Waals surface area contributed by atoms with Crippen molar-refractivity contribution in [1.82, 2.24) is 9.13 Å². The van der Waals surface area contributed by atoms with Crippen molar-refractivity contribution >= 4 is 43.6 Å². The zero-order chi connectivity index (χ0) is 35.3. The van der Waals surface area contributed by atoms with Gasteiger partial charge in [0.15, 0.2) is 0 Å². The molecular formula is C51H36N2. The van der Waals surface area contributed by atoms with E-state index in [1.807, 2.05) is 0 Å². The summed E-state index contributed by atoms with van der Waals surface area (Å²) in [4.78, 5) is 0. The predicted octanol–water partition coefficient (Wildman–Crippen LogP) is 13.5. The maximum atomic E-state index is 2.47. The molecule has 0 unspecified atom stereocenters. The summed E-state index contributed by atoms with van der Waals surface area (Å²) in [5.74, 6) is 0. The predicted molar refractivity (Wildman–Crippen MR) is 224 cm³/mol. The standard InChI is InChI=1S/C51H36N2/c1-51(2)44-25-12-9-22-42(44)49-43(41-24-15-23-40-38-21-11-14-27-47(38)53(50(40)41)36-18-7-4-8-19-36)30-34(31-45(49)51)33-28-29-39-37-20-10-13-26-46(37)52(48(39)32-33)35-16-5-3-6-17-35/h3-32H,1-2H3. The molecule has 53 heavy (non-hydrogen) atoms. The molecule has 0 spiro atoms. The fourth-order valence-electron chi connectivity index (χ4n) is 9.28. The van der Waals surface area contributed by atoms with E-state index in [2.05, 4.69) is 205 Å². The highest BCUT2D eigenvalue weighted by atomic mass is 15.0. The largest absolute Gasteiger partial charge is 0.309 e. The van der Waals surface area contributed by atoms with Crippen LogP contribution in [0.5, 0.6) is 0 Å². The Kier molecular flexibility index (Phi) is 6.33. The van der Waals surface area contributed by atoms with Crippen LogP contribution in [0.4, 0.5) is 0 Å². The second-order valence-corrected chi connectivity index (χ2v) is 14.9. The molecule has 8 aromatic carbocycles. The van der Waals surface area contributed by atoms with E-state index in [1.54, 1.807) is 0 Å². The van der Waals surface area contributed by atoms with Gasteiger partial charge in [-0.05, 0) is 93.5 Å². The van der Waals surface area contributed by atoms with Gasteiger partial charge in [0.25, 0.3) is 0 Å². The molecule has 0 saturated heterocycles. The van der Waals surface area contributed by atoms with Crippen LogP contribution in [0.1, 0.15) is 25.0 Å². The molecule has 0 aliphatic heterocycles. The normalized spacial score (nSPS) is 13.2. The van der Waals surface area contributed by atoms with E-state index < -0.39 is 0 Å². The van der Waals surface area contributed by atoms with Gasteiger partial charge in [-0.2, -0.15) is 0 Å². The molecule has 11 rings (SSSR count). The molecule has 2 heterocycles. The van der Waals surface area contributed by atoms with Crippen molar-refractivity contribution in [2.45, 2.75) is 19.3 Å². The van der Waals surface area contributed by atoms with Gasteiger partial charge in [-0.3, -0.25) is 0 Å². The summed E-state index contributed by atoms with van der Waals surface area (Å²) in [6, 6.07) is 67.1. The zero-order valence-electron chi connectivity index (χ0n) is 29.7. The van der Waals surface area contributed by atoms with Gasteiger partial charge < -0.3 is 9.13 Å². The third-order valence-electron chi connectivity index (χ3n) is 11.7. The highest BCUT2D eigenvalue weighted by Crippen LogP contribution is 2.54. The lowest BCUT2D eigenvalue weighted by Crippen LogP contribution is -2.15. The van der Waals surface area contributed by atoms with Crippen molar-refractivity contribution in [3.8, 4) is 44.8 Å². The molecule has 0 radical (unpaired) electrons. The summed E-state index contributed by atoms with van der Waals surface area (Å²) in [6.07, 6.45) is 0. The van der Waals surface area contributed by atoms with E-state index in [1.165, 1.54) is 99.5 Å². The number of aromatic nitrogens is 2. The van der Waals surface area contributed by atoms with Crippen LogP contribution < -0.4 is 0 Å². The monoisotopic (exact) mass is 676 g/mol. The first-order chi connectivity index (χ1) is 26.1. The highest BCUT2D eigenvalue weighted by molar-refractivity contribution is 6.15. The molecule has 0 atom stereocenters. The number of nitrogens with zero attached hydrogens (tertiary/aromatic N) is 2. The first-order valence-corrected chi connectivity index (χ1v) is 18.5. The van der Waals surface area contributed by atoms with Crippen LogP contribution in [0, 0.1) is 0 Å². The Balaban J connectivity index is 1.25. The number of para-hydroxylation sites is 5. The minimum Gasteiger partial charge on any atom is -0.309 e. The van der Waals surface area contributed by atoms with E-state index in [0.717, 1.165) is 0 Å². The average Bonchev–Trinajstić information content (AvgIpc) is 3.81. The van der Waals surface area contributed by atoms with Crippen LogP contribution in [0.25, 0.3) is 88.4 Å². The summed E-state index contributed by atoms with van der Waals surface area (Å²) >= 11 is 0. The van der Waals surface area contributed by atoms with Gasteiger partial charge in [0.1, 0.15) is 0 Å². The number of rotatable bonds is 4. The van der Waals surface area contributed by atoms with Crippen LogP contribution in [0.3, 0.4) is 0 Å². The van der Waals surface area contributed by atoms with Crippen LogP contribution >= 0.6 is 0 Å². The Labute approximate surface area is 308 Å². The third kappa shape index (κ3) is 4.27. The lowest BCUT2D eigenvalue weighted by Gasteiger charge is -2.23. The van der Waals surface area contributed by atoms with Gasteiger partial charge in [-0.15, -0.1) is 0 Å². The van der Waals surface area contributed by atoms with Crippen molar-refractivity contribution in [3.63, 3.8) is 0 Å². The summed E-state index contributed by atoms with van der Waals surface area (Å²) in [7, 11) is 0. The van der Waals surface area contributed by atoms with Gasteiger partial charge >= 0.3 is 0 Å². The van der Waals surface area contributed by atoms with E-state index in [9.17, 15) is 0 Å². The maximum Gasteiger partial charge on any atom is 0.0619 e. The van der Waals surface area contributed by atoms with Crippen LogP contribution in [-0.4, -0.2) is 9.13 Å². The van der Waals surface area contributed by atoms with Crippen LogP contribution in [0.15, 0.2) is 182 Å². The Morgan fingerprint density at radius 2 is 0.925 bits per heavy atom. The molecule has 10 aromatic rings. The fourth-order valence-corrected chi connectivity index (χ4v) is 9.28. The first kappa shape index (κ1) is 30.0. The zero-order valence-corrected chi connectivity index (χ0v) is 29.7. The van der Waals surface area contributed by atoms with Gasteiger partial charge in [-0.25, -0.2) is 0 Å². The molecule has 0 fully saturated rings. The van der Waals surface area contributed by atoms with Gasteiger partial charge in [0, 0.05) is 43.9 Å². The topological polar surface area (TPSA) is 9.86 Å². The molecular weight excluding hydrogens is 641 g/mol. The maximum absolute atomic E-state index is 2.47. The quantitative estimate of drug-likeness (QED) is 0.176. The minimum atomic E-state index is -0.167. The number of hydrogen-bond acceptors (Lipinski definition) is 0. The van der Waals surface area contributed by atoms with Crippen molar-refractivity contribution in [3.05, 3.63) is 193 Å². The number of hydrogen-bond donors (Lipinski definition) is 0. The Bertz CT molecular complexity index is 3070. The van der Waals surface area contributed by atoms with E-state index in [4.69, 9.17) is 0 Å². The molecule has 1 aliphatic rings. The lowest BCUT2D eigenvalue weighted by molar-refractivity contribution is 0.660. The SMILES string of the molecule is CC1(C)c2ccccc2-c2c(-c3cccc4c5ccccc5n(-c5ccccc5)c34)cc(-c3ccc4c5ccccc5n(-c5ccccc5)c4c3)cc21. The Morgan fingerprint density at radius 3 is 1.68 bits per heavy atom. The summed E-state index contributed by atoms with van der Waals surface area (Å²) in [5.41, 5.74) is 17.4. The van der Waals surface area contributed by atoms with Crippen molar-refractivity contribution < 1.29 is 0 Å². The average molecular weight is 677 g/mol. The molecule has 250 valence electrons. The molecule has 2 aromatic heterocycles. The van der Waals surface area contributed by atoms with Crippen molar-refractivity contribution in [1.29, 1.82) is 0 Å². The molecule has 0 bridgehead atoms. The van der Waals surface area contributed by atoms with E-state index in [-0.39, 0.29) is 5.41 Å². The van der Waals surface area contributed by atoms with E-state index in [0.29, 0.717) is 0 Å².